The van der Waals surface area contributed by atoms with Crippen LogP contribution in [0, 0.1) is 0 Å². The molecule has 3 aromatic heterocycles. The molecule has 1 atom stereocenters. The fourth-order valence-electron chi connectivity index (χ4n) is 3.16. The van der Waals surface area contributed by atoms with Crippen molar-refractivity contribution in [3.8, 4) is 5.75 Å². The zero-order valence-electron chi connectivity index (χ0n) is 14.3. The normalized spacial score (nSPS) is 17.3. The van der Waals surface area contributed by atoms with Gasteiger partial charge < -0.3 is 15.0 Å². The summed E-state index contributed by atoms with van der Waals surface area (Å²) < 4.78 is 6.11. The Labute approximate surface area is 149 Å². The molecular weight excluding hydrogens is 334 g/mol. The lowest BCUT2D eigenvalue weighted by molar-refractivity contribution is 0.0957. The molecule has 0 aliphatic carbocycles. The summed E-state index contributed by atoms with van der Waals surface area (Å²) in [5.74, 6) is 1.27. The molecule has 9 nitrogen and oxygen atoms in total. The lowest BCUT2D eigenvalue weighted by atomic mass is 10.1. The number of aromatic amines is 1. The Morgan fingerprint density at radius 1 is 1.38 bits per heavy atom. The summed E-state index contributed by atoms with van der Waals surface area (Å²) in [4.78, 5) is 26.6. The first-order valence-corrected chi connectivity index (χ1v) is 8.48. The van der Waals surface area contributed by atoms with E-state index in [0.29, 0.717) is 18.0 Å². The summed E-state index contributed by atoms with van der Waals surface area (Å²) in [5, 5.41) is 10.4. The number of hydrogen-bond acceptors (Lipinski definition) is 7. The number of fused-ring (bicyclic) bond motifs is 1. The monoisotopic (exact) mass is 353 g/mol. The first kappa shape index (κ1) is 16.2. The van der Waals surface area contributed by atoms with Crippen LogP contribution in [0.15, 0.2) is 30.9 Å². The fourth-order valence-corrected chi connectivity index (χ4v) is 3.16. The Hall–Kier alpha value is -3.23. The zero-order valence-corrected chi connectivity index (χ0v) is 14.3. The summed E-state index contributed by atoms with van der Waals surface area (Å²) in [6.07, 6.45) is 6.79. The molecule has 4 heterocycles. The van der Waals surface area contributed by atoms with Crippen molar-refractivity contribution in [3.05, 3.63) is 36.5 Å². The molecule has 0 aromatic carbocycles. The van der Waals surface area contributed by atoms with Gasteiger partial charge in [-0.3, -0.25) is 14.9 Å². The van der Waals surface area contributed by atoms with Gasteiger partial charge in [0.2, 0.25) is 0 Å². The van der Waals surface area contributed by atoms with Crippen molar-refractivity contribution in [3.63, 3.8) is 0 Å². The second kappa shape index (κ2) is 6.95. The Bertz CT molecular complexity index is 926. The van der Waals surface area contributed by atoms with E-state index in [-0.39, 0.29) is 12.0 Å². The first-order chi connectivity index (χ1) is 12.7. The third-order valence-electron chi connectivity index (χ3n) is 4.40. The molecule has 0 bridgehead atoms. The number of carbonyl (C=O) groups excluding carboxylic acids is 1. The van der Waals surface area contributed by atoms with Gasteiger partial charge in [-0.1, -0.05) is 0 Å². The molecular formula is C17H19N7O2. The molecule has 26 heavy (non-hydrogen) atoms. The van der Waals surface area contributed by atoms with Crippen LogP contribution in [0.4, 0.5) is 5.82 Å². The van der Waals surface area contributed by atoms with Crippen molar-refractivity contribution in [2.24, 2.45) is 0 Å². The van der Waals surface area contributed by atoms with Gasteiger partial charge in [-0.15, -0.1) is 0 Å². The van der Waals surface area contributed by atoms with Gasteiger partial charge in [-0.25, -0.2) is 9.97 Å². The second-order valence-corrected chi connectivity index (χ2v) is 6.11. The minimum atomic E-state index is -0.232. The lowest BCUT2D eigenvalue weighted by Crippen LogP contribution is -2.41. The van der Waals surface area contributed by atoms with Gasteiger partial charge in [0.25, 0.3) is 5.91 Å². The Morgan fingerprint density at radius 3 is 3.19 bits per heavy atom. The average Bonchev–Trinajstić information content (AvgIpc) is 3.16. The number of amides is 1. The van der Waals surface area contributed by atoms with Gasteiger partial charge in [0.15, 0.2) is 5.65 Å². The maximum atomic E-state index is 11.7. The molecule has 134 valence electrons. The number of hydrogen-bond donors (Lipinski definition) is 2. The SMILES string of the molecule is CNC(=O)c1cc(OC2CCCN(c3ncnc4[nH]ncc34)C2)ccn1. The Morgan fingerprint density at radius 2 is 2.31 bits per heavy atom. The Balaban J connectivity index is 1.51. The number of piperidine rings is 1. The van der Waals surface area contributed by atoms with Gasteiger partial charge in [0, 0.05) is 25.9 Å². The largest absolute Gasteiger partial charge is 0.488 e. The van der Waals surface area contributed by atoms with Crippen molar-refractivity contribution in [1.29, 1.82) is 0 Å². The topological polar surface area (TPSA) is 109 Å². The van der Waals surface area contributed by atoms with E-state index in [1.807, 2.05) is 0 Å². The number of nitrogens with one attached hydrogen (secondary N) is 2. The number of anilines is 1. The van der Waals surface area contributed by atoms with Crippen molar-refractivity contribution < 1.29 is 9.53 Å². The molecule has 1 aliphatic rings. The van der Waals surface area contributed by atoms with Gasteiger partial charge >= 0.3 is 0 Å². The van der Waals surface area contributed by atoms with E-state index in [2.05, 4.69) is 35.4 Å². The molecule has 3 aromatic rings. The first-order valence-electron chi connectivity index (χ1n) is 8.48. The van der Waals surface area contributed by atoms with E-state index < -0.39 is 0 Å². The summed E-state index contributed by atoms with van der Waals surface area (Å²) in [5.41, 5.74) is 1.07. The number of ether oxygens (including phenoxy) is 1. The van der Waals surface area contributed by atoms with E-state index in [9.17, 15) is 4.79 Å². The standard InChI is InChI=1S/C17H19N7O2/c1-18-17(25)14-7-11(4-5-19-14)26-12-3-2-6-24(9-12)16-13-8-22-23-15(13)20-10-21-16/h4-5,7-8,10,12H,2-3,6,9H2,1H3,(H,18,25)(H,20,21,22,23). The molecule has 9 heteroatoms. The highest BCUT2D eigenvalue weighted by Crippen LogP contribution is 2.26. The van der Waals surface area contributed by atoms with Crippen LogP contribution >= 0.6 is 0 Å². The molecule has 4 rings (SSSR count). The van der Waals surface area contributed by atoms with Crippen LogP contribution in [0.1, 0.15) is 23.3 Å². The molecule has 2 N–H and O–H groups in total. The van der Waals surface area contributed by atoms with Crippen LogP contribution < -0.4 is 15.0 Å². The summed E-state index contributed by atoms with van der Waals surface area (Å²) >= 11 is 0. The van der Waals surface area contributed by atoms with E-state index in [1.165, 1.54) is 0 Å². The molecule has 1 saturated heterocycles. The Kier molecular flexibility index (Phi) is 4.34. The van der Waals surface area contributed by atoms with E-state index in [4.69, 9.17) is 4.74 Å². The number of aromatic nitrogens is 5. The van der Waals surface area contributed by atoms with Gasteiger partial charge in [-0.05, 0) is 18.9 Å². The predicted octanol–water partition coefficient (Wildman–Crippen LogP) is 1.16. The second-order valence-electron chi connectivity index (χ2n) is 6.11. The number of rotatable bonds is 4. The van der Waals surface area contributed by atoms with Crippen LogP contribution in [-0.4, -0.2) is 57.3 Å². The summed E-state index contributed by atoms with van der Waals surface area (Å²) in [7, 11) is 1.58. The van der Waals surface area contributed by atoms with E-state index in [0.717, 1.165) is 36.2 Å². The van der Waals surface area contributed by atoms with Gasteiger partial charge in [-0.2, -0.15) is 5.10 Å². The molecule has 0 spiro atoms. The van der Waals surface area contributed by atoms with Crippen LogP contribution in [0.2, 0.25) is 0 Å². The molecule has 1 fully saturated rings. The maximum Gasteiger partial charge on any atom is 0.269 e. The van der Waals surface area contributed by atoms with Crippen LogP contribution in [-0.2, 0) is 0 Å². The highest BCUT2D eigenvalue weighted by Gasteiger charge is 2.24. The predicted molar refractivity (Wildman–Crippen MR) is 95.2 cm³/mol. The smallest absolute Gasteiger partial charge is 0.269 e. The highest BCUT2D eigenvalue weighted by molar-refractivity contribution is 5.92. The fraction of sp³-hybridized carbons (Fsp3) is 0.353. The number of carbonyl (C=O) groups is 1. The van der Waals surface area contributed by atoms with Crippen molar-refractivity contribution >= 4 is 22.8 Å². The zero-order chi connectivity index (χ0) is 17.9. The molecule has 0 saturated carbocycles. The highest BCUT2D eigenvalue weighted by atomic mass is 16.5. The van der Waals surface area contributed by atoms with Crippen LogP contribution in [0.5, 0.6) is 5.75 Å². The third-order valence-corrected chi connectivity index (χ3v) is 4.40. The maximum absolute atomic E-state index is 11.7. The van der Waals surface area contributed by atoms with E-state index >= 15 is 0 Å². The summed E-state index contributed by atoms with van der Waals surface area (Å²) in [6.45, 7) is 1.60. The van der Waals surface area contributed by atoms with Crippen molar-refractivity contribution in [1.82, 2.24) is 30.5 Å². The number of nitrogens with zero attached hydrogens (tertiary/aromatic N) is 5. The summed E-state index contributed by atoms with van der Waals surface area (Å²) in [6, 6.07) is 3.43. The van der Waals surface area contributed by atoms with Crippen LogP contribution in [0.25, 0.3) is 11.0 Å². The van der Waals surface area contributed by atoms with Crippen molar-refractivity contribution in [2.45, 2.75) is 18.9 Å². The molecule has 1 amide bonds. The number of pyridine rings is 1. The van der Waals surface area contributed by atoms with Crippen LogP contribution in [0.3, 0.4) is 0 Å². The lowest BCUT2D eigenvalue weighted by Gasteiger charge is -2.33. The molecule has 0 radical (unpaired) electrons. The van der Waals surface area contributed by atoms with Gasteiger partial charge in [0.05, 0.1) is 18.1 Å². The minimum absolute atomic E-state index is 0.000559. The minimum Gasteiger partial charge on any atom is -0.488 e. The quantitative estimate of drug-likeness (QED) is 0.724. The average molecular weight is 353 g/mol. The van der Waals surface area contributed by atoms with Crippen molar-refractivity contribution in [2.75, 3.05) is 25.0 Å². The number of H-pyrrole nitrogens is 1. The third kappa shape index (κ3) is 3.15. The van der Waals surface area contributed by atoms with Gasteiger partial charge in [0.1, 0.15) is 29.7 Å². The molecule has 1 aliphatic heterocycles. The molecule has 1 unspecified atom stereocenters. The van der Waals surface area contributed by atoms with E-state index in [1.54, 1.807) is 37.9 Å².